The topological polar surface area (TPSA) is 51.5 Å². The molecule has 162 valence electrons. The molecule has 4 aromatic rings. The second kappa shape index (κ2) is 8.93. The van der Waals surface area contributed by atoms with Crippen LogP contribution in [0, 0.1) is 13.8 Å². The lowest BCUT2D eigenvalue weighted by molar-refractivity contribution is -0.111. The molecule has 0 aliphatic heterocycles. The normalized spacial score (nSPS) is 11.6. The quantitative estimate of drug-likeness (QED) is 0.325. The van der Waals surface area contributed by atoms with Gasteiger partial charge in [-0.3, -0.25) is 4.79 Å². The van der Waals surface area contributed by atoms with E-state index in [2.05, 4.69) is 36.5 Å². The van der Waals surface area contributed by atoms with E-state index < -0.39 is 0 Å². The Morgan fingerprint density at radius 1 is 1.09 bits per heavy atom. The molecule has 0 bridgehead atoms. The highest BCUT2D eigenvalue weighted by Crippen LogP contribution is 2.40. The van der Waals surface area contributed by atoms with Gasteiger partial charge in [0.15, 0.2) is 0 Å². The van der Waals surface area contributed by atoms with Crippen molar-refractivity contribution < 1.29 is 13.9 Å². The molecule has 0 radical (unpaired) electrons. The number of furan rings is 1. The molecule has 3 aromatic carbocycles. The molecule has 0 saturated heterocycles. The van der Waals surface area contributed by atoms with Crippen LogP contribution in [0.5, 0.6) is 5.75 Å². The molecule has 1 amide bonds. The minimum Gasteiger partial charge on any atom is -0.496 e. The molecule has 4 rings (SSSR count). The molecule has 0 saturated carbocycles. The van der Waals surface area contributed by atoms with Gasteiger partial charge in [-0.15, -0.1) is 0 Å². The number of carbonyl (C=O) groups excluding carboxylic acids is 1. The third kappa shape index (κ3) is 4.27. The zero-order valence-corrected chi connectivity index (χ0v) is 19.2. The lowest BCUT2D eigenvalue weighted by Gasteiger charge is -2.13. The van der Waals surface area contributed by atoms with Crippen molar-refractivity contribution >= 4 is 39.7 Å². The van der Waals surface area contributed by atoms with Crippen molar-refractivity contribution in [2.24, 2.45) is 0 Å². The summed E-state index contributed by atoms with van der Waals surface area (Å²) in [5.74, 6) is 0.446. The highest BCUT2D eigenvalue weighted by atomic mass is 35.5. The lowest BCUT2D eigenvalue weighted by Crippen LogP contribution is -2.08. The first-order valence-corrected chi connectivity index (χ1v) is 10.7. The highest BCUT2D eigenvalue weighted by Gasteiger charge is 2.18. The zero-order chi connectivity index (χ0) is 22.8. The Kier molecular flexibility index (Phi) is 6.06. The maximum Gasteiger partial charge on any atom is 0.248 e. The van der Waals surface area contributed by atoms with Crippen LogP contribution in [0.15, 0.2) is 71.4 Å². The summed E-state index contributed by atoms with van der Waals surface area (Å²) in [6.07, 6.45) is 3.34. The van der Waals surface area contributed by atoms with Crippen LogP contribution >= 0.6 is 11.6 Å². The van der Waals surface area contributed by atoms with E-state index in [4.69, 9.17) is 20.8 Å². The molecule has 0 unspecified atom stereocenters. The molecule has 4 nitrogen and oxygen atoms in total. The fourth-order valence-electron chi connectivity index (χ4n) is 3.85. The Morgan fingerprint density at radius 3 is 2.53 bits per heavy atom. The summed E-state index contributed by atoms with van der Waals surface area (Å²) < 4.78 is 11.6. The van der Waals surface area contributed by atoms with Crippen molar-refractivity contribution in [3.63, 3.8) is 0 Å². The molecular formula is C27H24ClNO3. The van der Waals surface area contributed by atoms with E-state index in [0.29, 0.717) is 16.5 Å². The van der Waals surface area contributed by atoms with Crippen molar-refractivity contribution in [1.29, 1.82) is 0 Å². The van der Waals surface area contributed by atoms with Gasteiger partial charge in [-0.05, 0) is 56.2 Å². The Labute approximate surface area is 192 Å². The molecule has 0 spiro atoms. The Hall–Kier alpha value is -3.50. The molecule has 0 aliphatic carbocycles. The largest absolute Gasteiger partial charge is 0.496 e. The van der Waals surface area contributed by atoms with Gasteiger partial charge in [0.25, 0.3) is 0 Å². The molecule has 5 heteroatoms. The summed E-state index contributed by atoms with van der Waals surface area (Å²) in [5.41, 5.74) is 7.20. The molecule has 1 aromatic heterocycles. The van der Waals surface area contributed by atoms with Crippen molar-refractivity contribution in [3.05, 3.63) is 88.6 Å². The first-order valence-electron chi connectivity index (χ1n) is 10.3. The van der Waals surface area contributed by atoms with Crippen LogP contribution in [-0.2, 0) is 4.79 Å². The number of hydrogen-bond acceptors (Lipinski definition) is 3. The number of fused-ring (bicyclic) bond motifs is 1. The van der Waals surface area contributed by atoms with Gasteiger partial charge in [-0.25, -0.2) is 0 Å². The number of halogens is 1. The second-order valence-corrected chi connectivity index (χ2v) is 8.24. The van der Waals surface area contributed by atoms with Crippen molar-refractivity contribution in [3.8, 4) is 16.9 Å². The summed E-state index contributed by atoms with van der Waals surface area (Å²) in [5, 5.41) is 4.39. The Bertz CT molecular complexity index is 1330. The third-order valence-corrected chi connectivity index (χ3v) is 5.71. The summed E-state index contributed by atoms with van der Waals surface area (Å²) in [6, 6.07) is 17.4. The minimum absolute atomic E-state index is 0.240. The number of aryl methyl sites for hydroxylation is 2. The van der Waals surface area contributed by atoms with E-state index >= 15 is 0 Å². The first kappa shape index (κ1) is 21.7. The van der Waals surface area contributed by atoms with Crippen molar-refractivity contribution in [2.45, 2.75) is 20.8 Å². The standard InChI is InChI=1S/C27H24ClNO3/c1-16-8-10-19(11-9-16)24-15-32-27-18(3)26(31-4)22(14-23(24)27)17(2)12-25(30)29-21-7-5-6-20(28)13-21/h5-15H,1-4H3,(H,29,30)/b17-12+. The number of allylic oxidation sites excluding steroid dienone is 1. The van der Waals surface area contributed by atoms with Crippen LogP contribution in [0.3, 0.4) is 0 Å². The molecule has 1 N–H and O–H groups in total. The predicted octanol–water partition coefficient (Wildman–Crippen LogP) is 7.42. The number of methoxy groups -OCH3 is 1. The van der Waals surface area contributed by atoms with E-state index in [-0.39, 0.29) is 5.91 Å². The van der Waals surface area contributed by atoms with Gasteiger partial charge in [-0.1, -0.05) is 47.5 Å². The number of anilines is 1. The average molecular weight is 446 g/mol. The second-order valence-electron chi connectivity index (χ2n) is 7.80. The van der Waals surface area contributed by atoms with Gasteiger partial charge in [0.1, 0.15) is 11.3 Å². The van der Waals surface area contributed by atoms with E-state index in [1.165, 1.54) is 5.56 Å². The number of ether oxygens (including phenoxy) is 1. The van der Waals surface area contributed by atoms with E-state index in [0.717, 1.165) is 38.8 Å². The summed E-state index contributed by atoms with van der Waals surface area (Å²) >= 11 is 6.01. The minimum atomic E-state index is -0.240. The maximum absolute atomic E-state index is 12.6. The number of benzene rings is 3. The number of rotatable bonds is 5. The van der Waals surface area contributed by atoms with E-state index in [1.807, 2.05) is 19.9 Å². The van der Waals surface area contributed by atoms with Crippen LogP contribution in [0.4, 0.5) is 5.69 Å². The van der Waals surface area contributed by atoms with Gasteiger partial charge in [-0.2, -0.15) is 0 Å². The molecular weight excluding hydrogens is 422 g/mol. The number of carbonyl (C=O) groups is 1. The first-order chi connectivity index (χ1) is 15.4. The fraction of sp³-hybridized carbons (Fsp3) is 0.148. The number of amides is 1. The summed E-state index contributed by atoms with van der Waals surface area (Å²) in [4.78, 5) is 12.6. The fourth-order valence-corrected chi connectivity index (χ4v) is 4.04. The monoisotopic (exact) mass is 445 g/mol. The van der Waals surface area contributed by atoms with Gasteiger partial charge < -0.3 is 14.5 Å². The average Bonchev–Trinajstić information content (AvgIpc) is 3.18. The lowest BCUT2D eigenvalue weighted by atomic mass is 9.96. The van der Waals surface area contributed by atoms with Crippen molar-refractivity contribution in [2.75, 3.05) is 12.4 Å². The van der Waals surface area contributed by atoms with Crippen molar-refractivity contribution in [1.82, 2.24) is 0 Å². The van der Waals surface area contributed by atoms with E-state index in [1.54, 1.807) is 43.7 Å². The summed E-state index contributed by atoms with van der Waals surface area (Å²) in [7, 11) is 1.63. The van der Waals surface area contributed by atoms with Crippen LogP contribution in [-0.4, -0.2) is 13.0 Å². The van der Waals surface area contributed by atoms with Crippen LogP contribution < -0.4 is 10.1 Å². The third-order valence-electron chi connectivity index (χ3n) is 5.48. The van der Waals surface area contributed by atoms with Gasteiger partial charge in [0.05, 0.1) is 13.4 Å². The Morgan fingerprint density at radius 2 is 1.84 bits per heavy atom. The SMILES string of the molecule is COc1c(/C(C)=C/C(=O)Nc2cccc(Cl)c2)cc2c(-c3ccc(C)cc3)coc2c1C. The molecule has 1 heterocycles. The van der Waals surface area contributed by atoms with Gasteiger partial charge in [0.2, 0.25) is 5.91 Å². The summed E-state index contributed by atoms with van der Waals surface area (Å²) in [6.45, 7) is 5.92. The van der Waals surface area contributed by atoms with Crippen LogP contribution in [0.2, 0.25) is 5.02 Å². The molecule has 0 aliphatic rings. The predicted molar refractivity (Wildman–Crippen MR) is 131 cm³/mol. The Balaban J connectivity index is 1.76. The number of hydrogen-bond donors (Lipinski definition) is 1. The highest BCUT2D eigenvalue weighted by molar-refractivity contribution is 6.31. The zero-order valence-electron chi connectivity index (χ0n) is 18.5. The maximum atomic E-state index is 12.6. The van der Waals surface area contributed by atoms with Crippen LogP contribution in [0.25, 0.3) is 27.7 Å². The smallest absolute Gasteiger partial charge is 0.248 e. The van der Waals surface area contributed by atoms with Gasteiger partial charge >= 0.3 is 0 Å². The van der Waals surface area contributed by atoms with Gasteiger partial charge in [0, 0.05) is 38.9 Å². The molecule has 0 fully saturated rings. The molecule has 32 heavy (non-hydrogen) atoms. The number of nitrogens with one attached hydrogen (secondary N) is 1. The van der Waals surface area contributed by atoms with Crippen LogP contribution in [0.1, 0.15) is 23.6 Å². The van der Waals surface area contributed by atoms with E-state index in [9.17, 15) is 4.79 Å². The molecule has 0 atom stereocenters.